The second-order valence-electron chi connectivity index (χ2n) is 10.5. The Kier molecular flexibility index (Phi) is 6.45. The zero-order chi connectivity index (χ0) is 25.6. The van der Waals surface area contributed by atoms with Crippen LogP contribution in [0.3, 0.4) is 0 Å². The van der Waals surface area contributed by atoms with Gasteiger partial charge >= 0.3 is 0 Å². The number of sulfonamides is 1. The van der Waals surface area contributed by atoms with Gasteiger partial charge < -0.3 is 10.1 Å². The number of hydrogen-bond donors (Lipinski definition) is 2. The second-order valence-corrected chi connectivity index (χ2v) is 13.2. The quantitative estimate of drug-likeness (QED) is 0.323. The van der Waals surface area contributed by atoms with E-state index in [0.29, 0.717) is 23.6 Å². The van der Waals surface area contributed by atoms with Gasteiger partial charge in [-0.3, -0.25) is 4.72 Å². The topological polar surface area (TPSA) is 67.4 Å². The lowest BCUT2D eigenvalue weighted by Gasteiger charge is -2.38. The molecular formula is C30H32N2O3S2. The molecule has 2 N–H and O–H groups in total. The van der Waals surface area contributed by atoms with Crippen molar-refractivity contribution >= 4 is 33.2 Å². The van der Waals surface area contributed by atoms with Crippen LogP contribution < -0.4 is 14.8 Å². The van der Waals surface area contributed by atoms with E-state index in [1.807, 2.05) is 48.2 Å². The van der Waals surface area contributed by atoms with Crippen LogP contribution in [0, 0.1) is 5.92 Å². The summed E-state index contributed by atoms with van der Waals surface area (Å²) in [5, 5.41) is 3.71. The molecule has 192 valence electrons. The van der Waals surface area contributed by atoms with Crippen LogP contribution in [0.15, 0.2) is 83.8 Å². The molecule has 0 amide bonds. The Morgan fingerprint density at radius 2 is 1.76 bits per heavy atom. The average molecular weight is 533 g/mol. The lowest BCUT2D eigenvalue weighted by Crippen LogP contribution is -2.31. The fourth-order valence-electron chi connectivity index (χ4n) is 5.45. The Balaban J connectivity index is 1.23. The van der Waals surface area contributed by atoms with Gasteiger partial charge in [0, 0.05) is 28.8 Å². The minimum atomic E-state index is -3.70. The van der Waals surface area contributed by atoms with E-state index in [4.69, 9.17) is 4.74 Å². The largest absolute Gasteiger partial charge is 0.489 e. The molecule has 0 aromatic heterocycles. The Bertz CT molecular complexity index is 1410. The first-order chi connectivity index (χ1) is 17.9. The Hall–Kier alpha value is -2.90. The SMILES string of the molecule is CC(C)c1ccc(NS(=O)(=O)c2ccc3c(c2)[C@H]2C=CC[C@H]2[C@@H](c2ccc(OC4CSC4)cc2)N3)cc1. The number of anilines is 2. The number of allylic oxidation sites excluding steroid dienone is 2. The minimum Gasteiger partial charge on any atom is -0.489 e. The normalized spacial score (nSPS) is 22.6. The lowest BCUT2D eigenvalue weighted by atomic mass is 9.77. The van der Waals surface area contributed by atoms with E-state index in [-0.39, 0.29) is 16.9 Å². The summed E-state index contributed by atoms with van der Waals surface area (Å²) in [6, 6.07) is 21.7. The van der Waals surface area contributed by atoms with Crippen molar-refractivity contribution in [2.75, 3.05) is 21.5 Å². The Morgan fingerprint density at radius 3 is 2.43 bits per heavy atom. The maximum Gasteiger partial charge on any atom is 0.261 e. The van der Waals surface area contributed by atoms with Gasteiger partial charge in [-0.15, -0.1) is 0 Å². The van der Waals surface area contributed by atoms with Crippen molar-refractivity contribution in [1.82, 2.24) is 0 Å². The maximum absolute atomic E-state index is 13.3. The molecule has 1 aliphatic carbocycles. The standard InChI is InChI=1S/C30H32N2O3S2/c1-19(2)20-6-10-22(11-7-20)32-37(33,34)25-14-15-29-28(16-25)26-4-3-5-27(26)30(31-29)21-8-12-23(13-9-21)35-24-17-36-18-24/h3-4,6-16,19,24,26-27,30-32H,5,17-18H2,1-2H3/t26-,27+,30+/m0/s1. The number of fused-ring (bicyclic) bond motifs is 3. The highest BCUT2D eigenvalue weighted by Gasteiger charge is 2.38. The Labute approximate surface area is 223 Å². The molecular weight excluding hydrogens is 500 g/mol. The molecule has 1 saturated heterocycles. The number of ether oxygens (including phenoxy) is 1. The van der Waals surface area contributed by atoms with Crippen LogP contribution in [0.2, 0.25) is 0 Å². The second kappa shape index (κ2) is 9.76. The van der Waals surface area contributed by atoms with Crippen molar-refractivity contribution in [3.05, 3.63) is 95.6 Å². The first-order valence-electron chi connectivity index (χ1n) is 12.9. The molecule has 3 aliphatic rings. The zero-order valence-electron chi connectivity index (χ0n) is 21.1. The predicted molar refractivity (Wildman–Crippen MR) is 152 cm³/mol. The third kappa shape index (κ3) is 4.87. The third-order valence-electron chi connectivity index (χ3n) is 7.62. The molecule has 37 heavy (non-hydrogen) atoms. The molecule has 3 atom stereocenters. The minimum absolute atomic E-state index is 0.154. The summed E-state index contributed by atoms with van der Waals surface area (Å²) < 4.78 is 35.3. The van der Waals surface area contributed by atoms with Crippen molar-refractivity contribution in [2.45, 2.75) is 49.1 Å². The van der Waals surface area contributed by atoms with Crippen LogP contribution in [-0.4, -0.2) is 26.0 Å². The fraction of sp³-hybridized carbons (Fsp3) is 0.333. The van der Waals surface area contributed by atoms with Crippen LogP contribution in [0.25, 0.3) is 0 Å². The van der Waals surface area contributed by atoms with Gasteiger partial charge in [0.15, 0.2) is 0 Å². The number of thioether (sulfide) groups is 1. The van der Waals surface area contributed by atoms with E-state index >= 15 is 0 Å². The highest BCUT2D eigenvalue weighted by atomic mass is 32.2. The number of nitrogens with one attached hydrogen (secondary N) is 2. The van der Waals surface area contributed by atoms with Gasteiger partial charge in [-0.05, 0) is 77.4 Å². The molecule has 3 aromatic carbocycles. The van der Waals surface area contributed by atoms with Crippen molar-refractivity contribution in [3.8, 4) is 5.75 Å². The molecule has 0 unspecified atom stereocenters. The molecule has 0 saturated carbocycles. The van der Waals surface area contributed by atoms with Crippen LogP contribution in [-0.2, 0) is 10.0 Å². The molecule has 1 fully saturated rings. The van der Waals surface area contributed by atoms with Gasteiger partial charge in [-0.25, -0.2) is 8.42 Å². The summed E-state index contributed by atoms with van der Waals surface area (Å²) in [6.07, 6.45) is 5.74. The summed E-state index contributed by atoms with van der Waals surface area (Å²) in [7, 11) is -3.70. The smallest absolute Gasteiger partial charge is 0.261 e. The molecule has 7 heteroatoms. The molecule has 0 spiro atoms. The first-order valence-corrected chi connectivity index (χ1v) is 15.6. The predicted octanol–water partition coefficient (Wildman–Crippen LogP) is 6.93. The average Bonchev–Trinajstić information content (AvgIpc) is 3.36. The van der Waals surface area contributed by atoms with E-state index in [1.54, 1.807) is 6.07 Å². The monoisotopic (exact) mass is 532 g/mol. The van der Waals surface area contributed by atoms with E-state index < -0.39 is 10.0 Å². The summed E-state index contributed by atoms with van der Waals surface area (Å²) in [4.78, 5) is 0.286. The molecule has 0 bridgehead atoms. The van der Waals surface area contributed by atoms with Crippen LogP contribution in [0.4, 0.5) is 11.4 Å². The molecule has 2 aliphatic heterocycles. The Morgan fingerprint density at radius 1 is 1.00 bits per heavy atom. The van der Waals surface area contributed by atoms with Gasteiger partial charge in [0.05, 0.1) is 10.9 Å². The van der Waals surface area contributed by atoms with Crippen LogP contribution in [0.1, 0.15) is 54.8 Å². The summed E-state index contributed by atoms with van der Waals surface area (Å²) in [5.74, 6) is 3.95. The maximum atomic E-state index is 13.3. The lowest BCUT2D eigenvalue weighted by molar-refractivity contribution is 0.240. The van der Waals surface area contributed by atoms with E-state index in [0.717, 1.165) is 34.9 Å². The molecule has 5 nitrogen and oxygen atoms in total. The highest BCUT2D eigenvalue weighted by molar-refractivity contribution is 8.00. The van der Waals surface area contributed by atoms with E-state index in [1.165, 1.54) is 11.1 Å². The number of hydrogen-bond acceptors (Lipinski definition) is 5. The van der Waals surface area contributed by atoms with Crippen LogP contribution >= 0.6 is 11.8 Å². The van der Waals surface area contributed by atoms with Crippen molar-refractivity contribution in [3.63, 3.8) is 0 Å². The number of rotatable bonds is 7. The molecule has 3 aromatic rings. The van der Waals surface area contributed by atoms with Crippen LogP contribution in [0.5, 0.6) is 5.75 Å². The first kappa shape index (κ1) is 24.4. The summed E-state index contributed by atoms with van der Waals surface area (Å²) in [5.41, 5.74) is 5.00. The molecule has 2 heterocycles. The zero-order valence-corrected chi connectivity index (χ0v) is 22.7. The molecule has 6 rings (SSSR count). The summed E-state index contributed by atoms with van der Waals surface area (Å²) >= 11 is 1.91. The third-order valence-corrected chi connectivity index (χ3v) is 10.2. The van der Waals surface area contributed by atoms with Gasteiger partial charge in [-0.2, -0.15) is 11.8 Å². The van der Waals surface area contributed by atoms with E-state index in [2.05, 4.69) is 60.3 Å². The van der Waals surface area contributed by atoms with Crippen molar-refractivity contribution in [2.24, 2.45) is 5.92 Å². The van der Waals surface area contributed by atoms with Gasteiger partial charge in [0.2, 0.25) is 0 Å². The van der Waals surface area contributed by atoms with Crippen molar-refractivity contribution < 1.29 is 13.2 Å². The highest BCUT2D eigenvalue weighted by Crippen LogP contribution is 2.50. The van der Waals surface area contributed by atoms with Gasteiger partial charge in [0.1, 0.15) is 11.9 Å². The molecule has 0 radical (unpaired) electrons. The number of benzene rings is 3. The van der Waals surface area contributed by atoms with Crippen molar-refractivity contribution in [1.29, 1.82) is 0 Å². The van der Waals surface area contributed by atoms with E-state index in [9.17, 15) is 8.42 Å². The summed E-state index contributed by atoms with van der Waals surface area (Å²) in [6.45, 7) is 4.24. The van der Waals surface area contributed by atoms with Gasteiger partial charge in [0.25, 0.3) is 10.0 Å². The fourth-order valence-corrected chi connectivity index (χ4v) is 7.11. The van der Waals surface area contributed by atoms with Gasteiger partial charge in [-0.1, -0.05) is 50.3 Å².